The lowest BCUT2D eigenvalue weighted by molar-refractivity contribution is 0.208. The standard InChI is InChI=1S/C7H11N3O.C3H6.C2H6/c1-6(11)4-10-7-5-8-2-3-9-7;1-3-2;1-2/h2-3,5-6,11H,4H2,1H3,(H,9,10);3H,1H2,2H3;1-2H3. The van der Waals surface area contributed by atoms with Crippen molar-refractivity contribution in [2.24, 2.45) is 0 Å². The molecule has 1 aromatic heterocycles. The summed E-state index contributed by atoms with van der Waals surface area (Å²) in [6.07, 6.45) is 6.21. The summed E-state index contributed by atoms with van der Waals surface area (Å²) < 4.78 is 0. The first-order valence-corrected chi connectivity index (χ1v) is 5.45. The van der Waals surface area contributed by atoms with E-state index in [1.807, 2.05) is 20.8 Å². The van der Waals surface area contributed by atoms with Gasteiger partial charge in [0.15, 0.2) is 0 Å². The predicted octanol–water partition coefficient (Wildman–Crippen LogP) is 2.49. The van der Waals surface area contributed by atoms with Gasteiger partial charge in [-0.2, -0.15) is 0 Å². The first-order valence-electron chi connectivity index (χ1n) is 5.45. The topological polar surface area (TPSA) is 58.0 Å². The van der Waals surface area contributed by atoms with E-state index in [1.54, 1.807) is 31.6 Å². The molecule has 4 heteroatoms. The molecule has 0 amide bonds. The van der Waals surface area contributed by atoms with Crippen molar-refractivity contribution in [1.82, 2.24) is 9.97 Å². The van der Waals surface area contributed by atoms with E-state index in [0.717, 1.165) is 0 Å². The van der Waals surface area contributed by atoms with Crippen molar-refractivity contribution in [2.75, 3.05) is 11.9 Å². The lowest BCUT2D eigenvalue weighted by atomic mass is 10.4. The van der Waals surface area contributed by atoms with Gasteiger partial charge in [0.25, 0.3) is 0 Å². The van der Waals surface area contributed by atoms with Crippen LogP contribution in [0.15, 0.2) is 31.2 Å². The fraction of sp³-hybridized carbons (Fsp3) is 0.500. The van der Waals surface area contributed by atoms with E-state index >= 15 is 0 Å². The number of nitrogens with one attached hydrogen (secondary N) is 1. The summed E-state index contributed by atoms with van der Waals surface area (Å²) in [5.41, 5.74) is 0. The Kier molecular flexibility index (Phi) is 14.4. The third kappa shape index (κ3) is 12.6. The molecule has 0 saturated carbocycles. The van der Waals surface area contributed by atoms with Gasteiger partial charge in [0, 0.05) is 18.9 Å². The maximum Gasteiger partial charge on any atom is 0.144 e. The lowest BCUT2D eigenvalue weighted by Gasteiger charge is -2.05. The second kappa shape index (κ2) is 13.6. The molecule has 16 heavy (non-hydrogen) atoms. The zero-order valence-electron chi connectivity index (χ0n) is 10.6. The monoisotopic (exact) mass is 225 g/mol. The van der Waals surface area contributed by atoms with Crippen molar-refractivity contribution in [2.45, 2.75) is 33.8 Å². The quantitative estimate of drug-likeness (QED) is 0.776. The van der Waals surface area contributed by atoms with Crippen molar-refractivity contribution in [1.29, 1.82) is 0 Å². The molecular formula is C12H23N3O. The Morgan fingerprint density at radius 1 is 1.50 bits per heavy atom. The highest BCUT2D eigenvalue weighted by Gasteiger charge is 1.94. The molecule has 0 aliphatic carbocycles. The summed E-state index contributed by atoms with van der Waals surface area (Å²) in [6, 6.07) is 0. The fourth-order valence-electron chi connectivity index (χ4n) is 0.643. The van der Waals surface area contributed by atoms with Crippen molar-refractivity contribution in [3.63, 3.8) is 0 Å². The Bertz CT molecular complexity index is 237. The highest BCUT2D eigenvalue weighted by Crippen LogP contribution is 1.96. The number of anilines is 1. The molecule has 0 fully saturated rings. The highest BCUT2D eigenvalue weighted by molar-refractivity contribution is 5.29. The van der Waals surface area contributed by atoms with E-state index in [4.69, 9.17) is 5.11 Å². The Labute approximate surface area is 98.5 Å². The summed E-state index contributed by atoms with van der Waals surface area (Å²) >= 11 is 0. The van der Waals surface area contributed by atoms with Crippen molar-refractivity contribution < 1.29 is 5.11 Å². The summed E-state index contributed by atoms with van der Waals surface area (Å²) in [5.74, 6) is 0.688. The van der Waals surface area contributed by atoms with E-state index in [1.165, 1.54) is 0 Å². The van der Waals surface area contributed by atoms with Gasteiger partial charge in [-0.15, -0.1) is 6.58 Å². The molecule has 4 nitrogen and oxygen atoms in total. The molecule has 0 saturated heterocycles. The van der Waals surface area contributed by atoms with E-state index in [9.17, 15) is 0 Å². The van der Waals surface area contributed by atoms with Crippen LogP contribution in [-0.4, -0.2) is 27.7 Å². The number of rotatable bonds is 3. The van der Waals surface area contributed by atoms with Gasteiger partial charge in [0.2, 0.25) is 0 Å². The van der Waals surface area contributed by atoms with Crippen LogP contribution in [0.5, 0.6) is 0 Å². The van der Waals surface area contributed by atoms with Crippen LogP contribution in [0.1, 0.15) is 27.7 Å². The number of hydrogen-bond donors (Lipinski definition) is 2. The van der Waals surface area contributed by atoms with Crippen LogP contribution in [0.2, 0.25) is 0 Å². The van der Waals surface area contributed by atoms with Gasteiger partial charge in [-0.05, 0) is 13.8 Å². The van der Waals surface area contributed by atoms with Crippen LogP contribution in [0.4, 0.5) is 5.82 Å². The normalized spacial score (nSPS) is 9.81. The first kappa shape index (κ1) is 17.0. The van der Waals surface area contributed by atoms with Crippen LogP contribution < -0.4 is 5.32 Å². The minimum atomic E-state index is -0.364. The first-order chi connectivity index (χ1) is 7.70. The number of aromatic nitrogens is 2. The zero-order valence-corrected chi connectivity index (χ0v) is 10.6. The second-order valence-corrected chi connectivity index (χ2v) is 2.73. The largest absolute Gasteiger partial charge is 0.392 e. The number of hydrogen-bond acceptors (Lipinski definition) is 4. The SMILES string of the molecule is C=CC.CC.CC(O)CNc1cnccn1. The fourth-order valence-corrected chi connectivity index (χ4v) is 0.643. The van der Waals surface area contributed by atoms with Gasteiger partial charge in [-0.3, -0.25) is 4.98 Å². The summed E-state index contributed by atoms with van der Waals surface area (Å²) in [6.45, 7) is 11.5. The molecule has 1 aromatic rings. The molecule has 0 aliphatic heterocycles. The third-order valence-electron chi connectivity index (χ3n) is 1.14. The van der Waals surface area contributed by atoms with Crippen LogP contribution in [0.25, 0.3) is 0 Å². The van der Waals surface area contributed by atoms with Crippen molar-refractivity contribution in [3.05, 3.63) is 31.2 Å². The van der Waals surface area contributed by atoms with Crippen LogP contribution in [-0.2, 0) is 0 Å². The van der Waals surface area contributed by atoms with Gasteiger partial charge in [-0.1, -0.05) is 19.9 Å². The zero-order chi connectivity index (χ0) is 12.8. The van der Waals surface area contributed by atoms with Crippen LogP contribution >= 0.6 is 0 Å². The highest BCUT2D eigenvalue weighted by atomic mass is 16.3. The molecule has 1 rings (SSSR count). The van der Waals surface area contributed by atoms with E-state index in [-0.39, 0.29) is 6.10 Å². The van der Waals surface area contributed by atoms with E-state index in [2.05, 4.69) is 21.9 Å². The predicted molar refractivity (Wildman–Crippen MR) is 69.4 cm³/mol. The molecule has 0 aromatic carbocycles. The van der Waals surface area contributed by atoms with Gasteiger partial charge in [-0.25, -0.2) is 4.98 Å². The van der Waals surface area contributed by atoms with Gasteiger partial charge in [0.1, 0.15) is 5.82 Å². The molecule has 2 N–H and O–H groups in total. The maximum absolute atomic E-state index is 8.90. The third-order valence-corrected chi connectivity index (χ3v) is 1.14. The summed E-state index contributed by atoms with van der Waals surface area (Å²) in [7, 11) is 0. The lowest BCUT2D eigenvalue weighted by Crippen LogP contribution is -2.15. The molecule has 0 bridgehead atoms. The van der Waals surface area contributed by atoms with Gasteiger partial charge < -0.3 is 10.4 Å². The van der Waals surface area contributed by atoms with Crippen LogP contribution in [0, 0.1) is 0 Å². The number of nitrogens with zero attached hydrogens (tertiary/aromatic N) is 2. The molecule has 0 aliphatic rings. The average Bonchev–Trinajstić information content (AvgIpc) is 2.31. The van der Waals surface area contributed by atoms with Gasteiger partial charge in [0.05, 0.1) is 12.3 Å². The van der Waals surface area contributed by atoms with E-state index < -0.39 is 0 Å². The summed E-state index contributed by atoms with van der Waals surface area (Å²) in [5, 5.41) is 11.8. The Morgan fingerprint density at radius 3 is 2.44 bits per heavy atom. The van der Waals surface area contributed by atoms with Crippen molar-refractivity contribution >= 4 is 5.82 Å². The number of aliphatic hydroxyl groups excluding tert-OH is 1. The molecule has 1 unspecified atom stereocenters. The minimum absolute atomic E-state index is 0.364. The minimum Gasteiger partial charge on any atom is -0.392 e. The Hall–Kier alpha value is -1.42. The number of allylic oxidation sites excluding steroid dienone is 1. The number of aliphatic hydroxyl groups is 1. The summed E-state index contributed by atoms with van der Waals surface area (Å²) in [4.78, 5) is 7.82. The molecule has 92 valence electrons. The molecular weight excluding hydrogens is 202 g/mol. The molecule has 0 radical (unpaired) electrons. The Balaban J connectivity index is 0. The second-order valence-electron chi connectivity index (χ2n) is 2.73. The Morgan fingerprint density at radius 2 is 2.06 bits per heavy atom. The van der Waals surface area contributed by atoms with Crippen molar-refractivity contribution in [3.8, 4) is 0 Å². The average molecular weight is 225 g/mol. The molecule has 0 spiro atoms. The molecule has 1 heterocycles. The molecule has 1 atom stereocenters. The van der Waals surface area contributed by atoms with Gasteiger partial charge >= 0.3 is 0 Å². The maximum atomic E-state index is 8.90. The van der Waals surface area contributed by atoms with E-state index in [0.29, 0.717) is 12.4 Å². The smallest absolute Gasteiger partial charge is 0.144 e. The van der Waals surface area contributed by atoms with Crippen LogP contribution in [0.3, 0.4) is 0 Å².